The number of pyridine rings is 1. The minimum Gasteiger partial charge on any atom is -0.367 e. The molecule has 1 fully saturated rings. The molecule has 0 spiro atoms. The Balaban J connectivity index is 2.28. The van der Waals surface area contributed by atoms with Crippen molar-refractivity contribution in [3.63, 3.8) is 0 Å². The molecular formula is C13H15F3N2O2. The minimum atomic E-state index is -4.49. The number of nitrogens with zero attached hydrogens (tertiary/aromatic N) is 1. The molecule has 1 atom stereocenters. The van der Waals surface area contributed by atoms with E-state index in [1.165, 1.54) is 6.20 Å². The summed E-state index contributed by atoms with van der Waals surface area (Å²) in [5.41, 5.74) is -0.840. The molecule has 1 aliphatic rings. The molecule has 1 unspecified atom stereocenters. The van der Waals surface area contributed by atoms with Gasteiger partial charge in [-0.1, -0.05) is 0 Å². The number of carbonyl (C=O) groups excluding carboxylic acids is 1. The van der Waals surface area contributed by atoms with Gasteiger partial charge in [-0.25, -0.2) is 0 Å². The van der Waals surface area contributed by atoms with Gasteiger partial charge >= 0.3 is 6.18 Å². The summed E-state index contributed by atoms with van der Waals surface area (Å²) in [6.45, 7) is 0.260. The molecule has 1 aliphatic carbocycles. The van der Waals surface area contributed by atoms with Crippen LogP contribution in [0.2, 0.25) is 0 Å². The molecule has 7 heteroatoms. The summed E-state index contributed by atoms with van der Waals surface area (Å²) >= 11 is 0. The number of hydrogen-bond acceptors (Lipinski definition) is 2. The maximum Gasteiger partial charge on any atom is 0.406 e. The van der Waals surface area contributed by atoms with Crippen molar-refractivity contribution in [3.05, 3.63) is 34.2 Å². The average Bonchev–Trinajstić information content (AvgIpc) is 3.18. The van der Waals surface area contributed by atoms with Gasteiger partial charge in [0.2, 0.25) is 0 Å². The molecule has 2 rings (SSSR count). The van der Waals surface area contributed by atoms with Crippen molar-refractivity contribution in [1.29, 1.82) is 0 Å². The Morgan fingerprint density at radius 3 is 2.65 bits per heavy atom. The number of carbonyl (C=O) groups is 1. The normalized spacial score (nSPS) is 16.8. The Bertz CT molecular complexity index is 549. The molecule has 4 nitrogen and oxygen atoms in total. The van der Waals surface area contributed by atoms with E-state index in [2.05, 4.69) is 4.98 Å². The predicted octanol–water partition coefficient (Wildman–Crippen LogP) is 2.18. The molecule has 20 heavy (non-hydrogen) atoms. The summed E-state index contributed by atoms with van der Waals surface area (Å²) < 4.78 is 37.9. The van der Waals surface area contributed by atoms with E-state index < -0.39 is 30.1 Å². The Morgan fingerprint density at radius 1 is 1.50 bits per heavy atom. The van der Waals surface area contributed by atoms with Gasteiger partial charge in [0.05, 0.1) is 0 Å². The fraction of sp³-hybridized carbons (Fsp3) is 0.538. The van der Waals surface area contributed by atoms with Gasteiger partial charge in [0.1, 0.15) is 12.1 Å². The molecule has 0 bridgehead atoms. The lowest BCUT2D eigenvalue weighted by Gasteiger charge is -2.30. The zero-order valence-corrected chi connectivity index (χ0v) is 10.9. The fourth-order valence-corrected chi connectivity index (χ4v) is 2.17. The van der Waals surface area contributed by atoms with E-state index in [0.29, 0.717) is 0 Å². The SMILES string of the molecule is CC(C1CC1)N(CC(F)(F)F)C(=O)c1c[nH]ccc1=O. The maximum atomic E-state index is 12.6. The third-order valence-corrected chi connectivity index (χ3v) is 3.46. The smallest absolute Gasteiger partial charge is 0.367 e. The van der Waals surface area contributed by atoms with Gasteiger partial charge in [0.25, 0.3) is 5.91 Å². The number of alkyl halides is 3. The minimum absolute atomic E-state index is 0.0871. The van der Waals surface area contributed by atoms with Gasteiger partial charge in [-0.2, -0.15) is 13.2 Å². The van der Waals surface area contributed by atoms with E-state index in [-0.39, 0.29) is 11.5 Å². The lowest BCUT2D eigenvalue weighted by Crippen LogP contribution is -2.46. The maximum absolute atomic E-state index is 12.6. The number of hydrogen-bond donors (Lipinski definition) is 1. The van der Waals surface area contributed by atoms with Crippen molar-refractivity contribution in [2.45, 2.75) is 32.0 Å². The summed E-state index contributed by atoms with van der Waals surface area (Å²) in [6, 6.07) is 0.601. The number of amides is 1. The number of aromatic amines is 1. The van der Waals surface area contributed by atoms with Crippen LogP contribution >= 0.6 is 0 Å². The standard InChI is InChI=1S/C13H15F3N2O2/c1-8(9-2-3-9)18(7-13(14,15)16)12(20)10-6-17-5-4-11(10)19/h4-6,8-9H,2-3,7H2,1H3,(H,17,19). The molecule has 1 heterocycles. The number of halogens is 3. The van der Waals surface area contributed by atoms with E-state index in [4.69, 9.17) is 0 Å². The van der Waals surface area contributed by atoms with Crippen LogP contribution < -0.4 is 5.43 Å². The van der Waals surface area contributed by atoms with Crippen LogP contribution in [-0.4, -0.2) is 34.6 Å². The number of nitrogens with one attached hydrogen (secondary N) is 1. The lowest BCUT2D eigenvalue weighted by molar-refractivity contribution is -0.144. The number of H-pyrrole nitrogens is 1. The first kappa shape index (κ1) is 14.6. The van der Waals surface area contributed by atoms with Crippen LogP contribution in [0.3, 0.4) is 0 Å². The second-order valence-electron chi connectivity index (χ2n) is 5.05. The first-order valence-electron chi connectivity index (χ1n) is 6.34. The molecule has 1 amide bonds. The van der Waals surface area contributed by atoms with Crippen LogP contribution in [0.4, 0.5) is 13.2 Å². The van der Waals surface area contributed by atoms with E-state index in [1.54, 1.807) is 6.92 Å². The zero-order chi connectivity index (χ0) is 14.9. The Kier molecular flexibility index (Phi) is 3.87. The van der Waals surface area contributed by atoms with E-state index in [9.17, 15) is 22.8 Å². The first-order valence-corrected chi connectivity index (χ1v) is 6.34. The van der Waals surface area contributed by atoms with E-state index in [0.717, 1.165) is 30.0 Å². The molecule has 110 valence electrons. The summed E-state index contributed by atoms with van der Waals surface area (Å²) in [5, 5.41) is 0. The summed E-state index contributed by atoms with van der Waals surface area (Å²) in [7, 11) is 0. The van der Waals surface area contributed by atoms with E-state index >= 15 is 0 Å². The average molecular weight is 288 g/mol. The highest BCUT2D eigenvalue weighted by molar-refractivity contribution is 5.94. The molecule has 1 aromatic heterocycles. The summed E-state index contributed by atoms with van der Waals surface area (Å²) in [6.07, 6.45) is -0.382. The molecule has 1 N–H and O–H groups in total. The van der Waals surface area contributed by atoms with Crippen molar-refractivity contribution >= 4 is 5.91 Å². The van der Waals surface area contributed by atoms with Gasteiger partial charge in [-0.3, -0.25) is 9.59 Å². The fourth-order valence-electron chi connectivity index (χ4n) is 2.17. The van der Waals surface area contributed by atoms with Crippen molar-refractivity contribution < 1.29 is 18.0 Å². The first-order chi connectivity index (χ1) is 9.29. The zero-order valence-electron chi connectivity index (χ0n) is 10.9. The lowest BCUT2D eigenvalue weighted by atomic mass is 10.1. The van der Waals surface area contributed by atoms with Crippen LogP contribution in [0.1, 0.15) is 30.1 Å². The molecular weight excluding hydrogens is 273 g/mol. The van der Waals surface area contributed by atoms with E-state index in [1.807, 2.05) is 0 Å². The van der Waals surface area contributed by atoms with Crippen LogP contribution in [0.25, 0.3) is 0 Å². The van der Waals surface area contributed by atoms with Gasteiger partial charge < -0.3 is 9.88 Å². The summed E-state index contributed by atoms with van der Waals surface area (Å²) in [4.78, 5) is 27.1. The van der Waals surface area contributed by atoms with Crippen LogP contribution in [0, 0.1) is 5.92 Å². The Morgan fingerprint density at radius 2 is 2.15 bits per heavy atom. The van der Waals surface area contributed by atoms with Crippen molar-refractivity contribution in [2.24, 2.45) is 5.92 Å². The topological polar surface area (TPSA) is 53.2 Å². The Hall–Kier alpha value is -1.79. The molecule has 0 aliphatic heterocycles. The molecule has 1 aromatic rings. The molecule has 0 saturated heterocycles. The van der Waals surface area contributed by atoms with Crippen LogP contribution in [0.15, 0.2) is 23.3 Å². The van der Waals surface area contributed by atoms with Gasteiger partial charge in [-0.15, -0.1) is 0 Å². The predicted molar refractivity (Wildman–Crippen MR) is 66.3 cm³/mol. The quantitative estimate of drug-likeness (QED) is 0.923. The highest BCUT2D eigenvalue weighted by atomic mass is 19.4. The van der Waals surface area contributed by atoms with Crippen molar-refractivity contribution in [1.82, 2.24) is 9.88 Å². The van der Waals surface area contributed by atoms with Gasteiger partial charge in [-0.05, 0) is 25.7 Å². The van der Waals surface area contributed by atoms with Gasteiger partial charge in [0.15, 0.2) is 5.43 Å². The van der Waals surface area contributed by atoms with Crippen molar-refractivity contribution in [3.8, 4) is 0 Å². The highest BCUT2D eigenvalue weighted by Gasteiger charge is 2.41. The van der Waals surface area contributed by atoms with Gasteiger partial charge in [0, 0.05) is 24.5 Å². The molecule has 1 saturated carbocycles. The highest BCUT2D eigenvalue weighted by Crippen LogP contribution is 2.36. The molecule has 0 radical (unpaired) electrons. The largest absolute Gasteiger partial charge is 0.406 e. The van der Waals surface area contributed by atoms with Crippen LogP contribution in [-0.2, 0) is 0 Å². The Labute approximate surface area is 113 Å². The second kappa shape index (κ2) is 5.30. The third-order valence-electron chi connectivity index (χ3n) is 3.46. The third kappa shape index (κ3) is 3.40. The number of rotatable bonds is 4. The van der Waals surface area contributed by atoms with Crippen molar-refractivity contribution in [2.75, 3.05) is 6.54 Å². The number of aromatic nitrogens is 1. The second-order valence-corrected chi connectivity index (χ2v) is 5.05. The monoisotopic (exact) mass is 288 g/mol. The summed E-state index contributed by atoms with van der Waals surface area (Å²) in [5.74, 6) is -0.785. The van der Waals surface area contributed by atoms with Crippen LogP contribution in [0.5, 0.6) is 0 Å². The molecule has 0 aromatic carbocycles.